The van der Waals surface area contributed by atoms with Gasteiger partial charge in [0, 0.05) is 5.41 Å². The van der Waals surface area contributed by atoms with Crippen LogP contribution in [0, 0.1) is 47.8 Å². The average Bonchev–Trinajstić information content (AvgIpc) is 3.79. The fourth-order valence-electron chi connectivity index (χ4n) is 7.50. The molecule has 0 heterocycles. The van der Waals surface area contributed by atoms with Gasteiger partial charge in [-0.3, -0.25) is 12.2 Å². The average molecular weight is 829 g/mol. The molecule has 0 radical (unpaired) electrons. The Balaban J connectivity index is 0.000000530. The van der Waals surface area contributed by atoms with E-state index in [-0.39, 0.29) is 53.9 Å². The van der Waals surface area contributed by atoms with Gasteiger partial charge < -0.3 is 7.43 Å². The summed E-state index contributed by atoms with van der Waals surface area (Å²) in [5.41, 5.74) is 16.6. The van der Waals surface area contributed by atoms with Gasteiger partial charge in [-0.15, -0.1) is 36.4 Å². The van der Waals surface area contributed by atoms with Crippen LogP contribution >= 0.6 is 24.8 Å². The topological polar surface area (TPSA) is 0 Å². The summed E-state index contributed by atoms with van der Waals surface area (Å²) in [4.78, 5) is 0. The molecule has 0 saturated carbocycles. The molecule has 7 rings (SSSR count). The van der Waals surface area contributed by atoms with E-state index in [9.17, 15) is 0 Å². The van der Waals surface area contributed by atoms with Crippen LogP contribution in [0.15, 0.2) is 78.4 Å². The van der Waals surface area contributed by atoms with Gasteiger partial charge in [0.1, 0.15) is 0 Å². The van der Waals surface area contributed by atoms with Crippen LogP contribution in [-0.2, 0) is 41.5 Å². The fourth-order valence-corrected chi connectivity index (χ4v) is 7.50. The number of halogens is 2. The fraction of sp³-hybridized carbons (Fsp3) is 0.440. The van der Waals surface area contributed by atoms with Crippen molar-refractivity contribution in [3.8, 4) is 11.1 Å². The maximum Gasteiger partial charge on any atom is -0.171 e. The molecule has 288 valence electrons. The number of hydrogen-bond donors (Lipinski definition) is 0. The van der Waals surface area contributed by atoms with Gasteiger partial charge in [0.25, 0.3) is 0 Å². The SMILES string of the molecule is CC(C)(C)C1=[C-]C(C)(C)c2cc3c(cc21)-c1cc2c(cc1C3)C(C)(C)C=C2C(C)(C)C.CCC1[C-]=CC(C(C)(C)C)=C1.Cl.Cl.[CH2]=[Zr].[CH3-].[c-]1ccccc1. The molecule has 0 aliphatic heterocycles. The Morgan fingerprint density at radius 3 is 1.64 bits per heavy atom. The first-order valence-electron chi connectivity index (χ1n) is 18.5. The van der Waals surface area contributed by atoms with Gasteiger partial charge in [-0.1, -0.05) is 138 Å². The second-order valence-electron chi connectivity index (χ2n) is 18.5. The van der Waals surface area contributed by atoms with E-state index in [0.29, 0.717) is 11.3 Å². The zero-order valence-electron chi connectivity index (χ0n) is 35.4. The standard InChI is InChI=1S/C31H37.C11H17.C6H5.CH3.CH2.2ClH.Zr/c1-28(2,3)26-16-30(7,8)24-12-18-11-19-13-25-23(15-21(19)20(18)14-22(24)26)27(29(4,5)6)17-31(25,9)10;1-5-9-6-7-10(8-9)11(2,3)4;1-2-4-6-5-3-1;;;;;/h12-16H,11H2,1-10H3;7-9H,5H2,1-4H3;1-5H;1H3;1H2;2*1H;/q4*-1;;;;. The van der Waals surface area contributed by atoms with E-state index >= 15 is 0 Å². The predicted octanol–water partition coefficient (Wildman–Crippen LogP) is 14.6. The Bertz CT molecular complexity index is 1700. The second kappa shape index (κ2) is 18.3. The molecule has 1 atom stereocenters. The Labute approximate surface area is 353 Å². The van der Waals surface area contributed by atoms with Crippen molar-refractivity contribution in [2.75, 3.05) is 0 Å². The minimum absolute atomic E-state index is 0. The molecule has 0 spiro atoms. The summed E-state index contributed by atoms with van der Waals surface area (Å²) in [5.74, 6) is 0.573. The minimum atomic E-state index is -0.0202. The molecule has 53 heavy (non-hydrogen) atoms. The number of allylic oxidation sites excluding steroid dienone is 8. The zero-order chi connectivity index (χ0) is 37.4. The molecule has 3 aromatic carbocycles. The largest absolute Gasteiger partial charge is 0.358 e. The van der Waals surface area contributed by atoms with Gasteiger partial charge in [-0.05, 0) is 62.3 Å². The molecule has 0 bridgehead atoms. The monoisotopic (exact) mass is 826 g/mol. The third-order valence-electron chi connectivity index (χ3n) is 10.3. The molecule has 1 unspecified atom stereocenters. The molecule has 0 saturated heterocycles. The molecule has 3 aromatic rings. The van der Waals surface area contributed by atoms with Crippen LogP contribution in [0.4, 0.5) is 0 Å². The summed E-state index contributed by atoms with van der Waals surface area (Å²) in [5, 5.41) is 0. The molecular weight excluding hydrogens is 763 g/mol. The van der Waals surface area contributed by atoms with Crippen molar-refractivity contribution < 1.29 is 24.2 Å². The van der Waals surface area contributed by atoms with E-state index in [0.717, 1.165) is 6.42 Å². The first kappa shape index (κ1) is 49.0. The zero-order valence-corrected chi connectivity index (χ0v) is 39.5. The van der Waals surface area contributed by atoms with Crippen molar-refractivity contribution >= 4 is 40.2 Å². The van der Waals surface area contributed by atoms with Crippen LogP contribution in [0.2, 0.25) is 0 Å². The van der Waals surface area contributed by atoms with Crippen molar-refractivity contribution in [2.24, 2.45) is 22.2 Å². The molecule has 4 aliphatic rings. The van der Waals surface area contributed by atoms with E-state index in [4.69, 9.17) is 0 Å². The van der Waals surface area contributed by atoms with Crippen LogP contribution in [-0.4, -0.2) is 4.21 Å². The van der Waals surface area contributed by atoms with Crippen molar-refractivity contribution in [3.05, 3.63) is 137 Å². The molecular formula is C50H66Cl2Zr-4. The van der Waals surface area contributed by atoms with E-state index in [2.05, 4.69) is 162 Å². The molecule has 0 aromatic heterocycles. The summed E-state index contributed by atoms with van der Waals surface area (Å²) < 4.78 is 3.34. The molecule has 4 aliphatic carbocycles. The Kier molecular flexibility index (Phi) is 16.9. The maximum absolute atomic E-state index is 3.85. The molecule has 0 amide bonds. The van der Waals surface area contributed by atoms with E-state index in [1.165, 1.54) is 91.9 Å². The third-order valence-corrected chi connectivity index (χ3v) is 10.3. The number of fused-ring (bicyclic) bond motifs is 5. The minimum Gasteiger partial charge on any atom is -0.358 e. The van der Waals surface area contributed by atoms with E-state index in [1.807, 2.05) is 30.3 Å². The number of rotatable bonds is 1. The first-order chi connectivity index (χ1) is 23.1. The molecule has 3 heteroatoms. The van der Waals surface area contributed by atoms with Crippen LogP contribution in [0.3, 0.4) is 0 Å². The maximum atomic E-state index is 3.85. The predicted molar refractivity (Wildman–Crippen MR) is 237 cm³/mol. The second-order valence-corrected chi connectivity index (χ2v) is 18.5. The Morgan fingerprint density at radius 2 is 1.25 bits per heavy atom. The summed E-state index contributed by atoms with van der Waals surface area (Å²) in [7, 11) is 0. The van der Waals surface area contributed by atoms with Gasteiger partial charge in [0.05, 0.1) is 0 Å². The first-order valence-corrected chi connectivity index (χ1v) is 20.2. The van der Waals surface area contributed by atoms with Crippen LogP contribution in [0.25, 0.3) is 22.3 Å². The normalized spacial score (nSPS) is 17.7. The summed E-state index contributed by atoms with van der Waals surface area (Å²) in [6.07, 6.45) is 16.4. The molecule has 0 fully saturated rings. The van der Waals surface area contributed by atoms with Crippen molar-refractivity contribution in [3.63, 3.8) is 0 Å². The van der Waals surface area contributed by atoms with Crippen LogP contribution in [0.5, 0.6) is 0 Å². The smallest absolute Gasteiger partial charge is 0.171 e. The molecule has 0 N–H and O–H groups in total. The summed E-state index contributed by atoms with van der Waals surface area (Å²) in [6.45, 7) is 32.3. The number of hydrogen-bond acceptors (Lipinski definition) is 0. The van der Waals surface area contributed by atoms with Gasteiger partial charge in [0.15, 0.2) is 0 Å². The molecule has 0 nitrogen and oxygen atoms in total. The van der Waals surface area contributed by atoms with Crippen molar-refractivity contribution in [1.82, 2.24) is 0 Å². The quantitative estimate of drug-likeness (QED) is 0.168. The third kappa shape index (κ3) is 10.8. The van der Waals surface area contributed by atoms with E-state index < -0.39 is 0 Å². The summed E-state index contributed by atoms with van der Waals surface area (Å²) in [6, 6.07) is 22.5. The van der Waals surface area contributed by atoms with Crippen molar-refractivity contribution in [2.45, 2.75) is 121 Å². The Morgan fingerprint density at radius 1 is 0.717 bits per heavy atom. The van der Waals surface area contributed by atoms with Crippen LogP contribution < -0.4 is 0 Å². The van der Waals surface area contributed by atoms with Crippen LogP contribution in [0.1, 0.15) is 137 Å². The van der Waals surface area contributed by atoms with E-state index in [1.54, 1.807) is 0 Å². The van der Waals surface area contributed by atoms with Gasteiger partial charge in [0.2, 0.25) is 0 Å². The summed E-state index contributed by atoms with van der Waals surface area (Å²) >= 11 is 1.30. The number of benzene rings is 3. The Hall–Kier alpha value is -2.05. The van der Waals surface area contributed by atoms with Gasteiger partial charge in [-0.25, -0.2) is 11.6 Å². The van der Waals surface area contributed by atoms with Gasteiger partial charge in [-0.2, -0.15) is 53.6 Å². The van der Waals surface area contributed by atoms with Gasteiger partial charge >= 0.3 is 28.4 Å². The van der Waals surface area contributed by atoms with Crippen molar-refractivity contribution in [1.29, 1.82) is 0 Å².